The summed E-state index contributed by atoms with van der Waals surface area (Å²) in [6.45, 7) is 3.80. The third kappa shape index (κ3) is 4.71. The van der Waals surface area contributed by atoms with Gasteiger partial charge < -0.3 is 10.6 Å². The van der Waals surface area contributed by atoms with Gasteiger partial charge in [0.05, 0.1) is 0 Å². The van der Waals surface area contributed by atoms with E-state index in [1.54, 1.807) is 24.3 Å². The van der Waals surface area contributed by atoms with Crippen molar-refractivity contribution in [3.63, 3.8) is 0 Å². The van der Waals surface area contributed by atoms with Gasteiger partial charge in [0, 0.05) is 28.2 Å². The summed E-state index contributed by atoms with van der Waals surface area (Å²) in [6, 6.07) is 15.7. The molecule has 0 aliphatic heterocycles. The Morgan fingerprint density at radius 3 is 2.48 bits per heavy atom. The summed E-state index contributed by atoms with van der Waals surface area (Å²) < 4.78 is 0. The Labute approximate surface area is 162 Å². The fourth-order valence-electron chi connectivity index (χ4n) is 2.58. The molecule has 2 aromatic carbocycles. The lowest BCUT2D eigenvalue weighted by molar-refractivity contribution is 0.102. The number of rotatable bonds is 4. The van der Waals surface area contributed by atoms with Crippen LogP contribution in [0.15, 0.2) is 60.8 Å². The van der Waals surface area contributed by atoms with E-state index < -0.39 is 5.91 Å². The van der Waals surface area contributed by atoms with Gasteiger partial charge in [0.2, 0.25) is 0 Å². The van der Waals surface area contributed by atoms with Crippen LogP contribution in [0.5, 0.6) is 0 Å². The summed E-state index contributed by atoms with van der Waals surface area (Å²) in [4.78, 5) is 29.0. The quantitative estimate of drug-likeness (QED) is 0.680. The van der Waals surface area contributed by atoms with Crippen molar-refractivity contribution in [3.8, 4) is 0 Å². The maximum atomic E-state index is 12.5. The summed E-state index contributed by atoms with van der Waals surface area (Å²) in [5, 5.41) is 6.20. The van der Waals surface area contributed by atoms with Gasteiger partial charge in [0.25, 0.3) is 11.8 Å². The van der Waals surface area contributed by atoms with Gasteiger partial charge >= 0.3 is 0 Å². The minimum Gasteiger partial charge on any atom is -0.322 e. The van der Waals surface area contributed by atoms with Crippen molar-refractivity contribution >= 4 is 34.8 Å². The van der Waals surface area contributed by atoms with E-state index in [0.717, 1.165) is 11.1 Å². The number of amides is 2. The van der Waals surface area contributed by atoms with Crippen LogP contribution in [0.25, 0.3) is 0 Å². The molecule has 0 unspecified atom stereocenters. The van der Waals surface area contributed by atoms with Crippen LogP contribution in [-0.2, 0) is 0 Å². The van der Waals surface area contributed by atoms with Crippen molar-refractivity contribution < 1.29 is 9.59 Å². The Morgan fingerprint density at radius 2 is 1.74 bits per heavy atom. The fourth-order valence-corrected chi connectivity index (χ4v) is 2.80. The molecule has 3 rings (SSSR count). The smallest absolute Gasteiger partial charge is 0.274 e. The first-order chi connectivity index (χ1) is 12.9. The topological polar surface area (TPSA) is 71.1 Å². The molecule has 3 aromatic rings. The van der Waals surface area contributed by atoms with Crippen molar-refractivity contribution in [2.75, 3.05) is 10.6 Å². The molecule has 1 heterocycles. The van der Waals surface area contributed by atoms with Gasteiger partial charge in [-0.2, -0.15) is 0 Å². The fraction of sp³-hybridized carbons (Fsp3) is 0.0952. The molecule has 27 heavy (non-hydrogen) atoms. The highest BCUT2D eigenvalue weighted by molar-refractivity contribution is 6.30. The van der Waals surface area contributed by atoms with Crippen molar-refractivity contribution in [3.05, 3.63) is 88.2 Å². The number of aromatic nitrogens is 1. The number of carbonyl (C=O) groups is 2. The van der Waals surface area contributed by atoms with Crippen LogP contribution >= 0.6 is 11.6 Å². The zero-order valence-corrected chi connectivity index (χ0v) is 15.7. The average molecular weight is 380 g/mol. The first-order valence-electron chi connectivity index (χ1n) is 8.34. The SMILES string of the molecule is Cc1cccc(NC(=O)c2ccnc(C(=O)Nc3ccc(Cl)cc3C)c2)c1. The lowest BCUT2D eigenvalue weighted by atomic mass is 10.1. The highest BCUT2D eigenvalue weighted by Crippen LogP contribution is 2.20. The molecule has 6 heteroatoms. The number of pyridine rings is 1. The number of hydrogen-bond donors (Lipinski definition) is 2. The number of hydrogen-bond acceptors (Lipinski definition) is 3. The van der Waals surface area contributed by atoms with Crippen LogP contribution in [0.1, 0.15) is 32.0 Å². The van der Waals surface area contributed by atoms with E-state index in [1.807, 2.05) is 38.1 Å². The first-order valence-corrected chi connectivity index (χ1v) is 8.72. The molecule has 0 bridgehead atoms. The molecule has 0 fully saturated rings. The molecular weight excluding hydrogens is 362 g/mol. The summed E-state index contributed by atoms with van der Waals surface area (Å²) >= 11 is 5.93. The number of aryl methyl sites for hydroxylation is 2. The molecule has 0 saturated heterocycles. The monoisotopic (exact) mass is 379 g/mol. The Morgan fingerprint density at radius 1 is 0.926 bits per heavy atom. The largest absolute Gasteiger partial charge is 0.322 e. The van der Waals surface area contributed by atoms with Crippen molar-refractivity contribution in [1.29, 1.82) is 0 Å². The minimum absolute atomic E-state index is 0.154. The highest BCUT2D eigenvalue weighted by atomic mass is 35.5. The number of carbonyl (C=O) groups excluding carboxylic acids is 2. The molecule has 136 valence electrons. The van der Waals surface area contributed by atoms with E-state index in [0.29, 0.717) is 22.0 Å². The number of benzene rings is 2. The zero-order chi connectivity index (χ0) is 19.4. The number of nitrogens with zero attached hydrogens (tertiary/aromatic N) is 1. The maximum absolute atomic E-state index is 12.5. The van der Waals surface area contributed by atoms with Gasteiger partial charge in [0.15, 0.2) is 0 Å². The lowest BCUT2D eigenvalue weighted by Gasteiger charge is -2.09. The van der Waals surface area contributed by atoms with Crippen LogP contribution in [0, 0.1) is 13.8 Å². The second-order valence-corrected chi connectivity index (χ2v) is 6.60. The molecule has 2 N–H and O–H groups in total. The van der Waals surface area contributed by atoms with Gasteiger partial charge in [0.1, 0.15) is 5.69 Å². The molecule has 0 aliphatic rings. The van der Waals surface area contributed by atoms with Crippen molar-refractivity contribution in [1.82, 2.24) is 4.98 Å². The second kappa shape index (κ2) is 8.01. The number of halogens is 1. The maximum Gasteiger partial charge on any atom is 0.274 e. The lowest BCUT2D eigenvalue weighted by Crippen LogP contribution is -2.17. The van der Waals surface area contributed by atoms with Crippen LogP contribution < -0.4 is 10.6 Å². The van der Waals surface area contributed by atoms with Crippen molar-refractivity contribution in [2.24, 2.45) is 0 Å². The molecule has 0 atom stereocenters. The van der Waals surface area contributed by atoms with Crippen molar-refractivity contribution in [2.45, 2.75) is 13.8 Å². The molecule has 0 spiro atoms. The predicted molar refractivity (Wildman–Crippen MR) is 108 cm³/mol. The first kappa shape index (κ1) is 18.6. The van der Waals surface area contributed by atoms with Gasteiger partial charge in [-0.15, -0.1) is 0 Å². The standard InChI is InChI=1S/C21H18ClN3O2/c1-13-4-3-5-17(10-13)24-20(26)15-8-9-23-19(12-15)21(27)25-18-7-6-16(22)11-14(18)2/h3-12H,1-2H3,(H,24,26)(H,25,27). The van der Waals surface area contributed by atoms with E-state index >= 15 is 0 Å². The number of anilines is 2. The summed E-state index contributed by atoms with van der Waals surface area (Å²) in [5.74, 6) is -0.703. The van der Waals surface area contributed by atoms with E-state index in [9.17, 15) is 9.59 Å². The van der Waals surface area contributed by atoms with E-state index in [2.05, 4.69) is 15.6 Å². The third-order valence-electron chi connectivity index (χ3n) is 3.97. The van der Waals surface area contributed by atoms with Gasteiger partial charge in [-0.05, 0) is 67.4 Å². The van der Waals surface area contributed by atoms with Crippen LogP contribution in [0.3, 0.4) is 0 Å². The molecule has 0 aliphatic carbocycles. The number of nitrogens with one attached hydrogen (secondary N) is 2. The Kier molecular flexibility index (Phi) is 5.52. The molecule has 5 nitrogen and oxygen atoms in total. The van der Waals surface area contributed by atoms with Crippen LogP contribution in [0.2, 0.25) is 5.02 Å². The third-order valence-corrected chi connectivity index (χ3v) is 4.20. The van der Waals surface area contributed by atoms with Gasteiger partial charge in [-0.25, -0.2) is 0 Å². The molecule has 0 radical (unpaired) electrons. The van der Waals surface area contributed by atoms with Crippen LogP contribution in [-0.4, -0.2) is 16.8 Å². The average Bonchev–Trinajstić information content (AvgIpc) is 2.64. The summed E-state index contributed by atoms with van der Waals surface area (Å²) in [6.07, 6.45) is 1.44. The Hall–Kier alpha value is -3.18. The molecule has 1 aromatic heterocycles. The summed E-state index contributed by atoms with van der Waals surface area (Å²) in [7, 11) is 0. The highest BCUT2D eigenvalue weighted by Gasteiger charge is 2.13. The molecule has 2 amide bonds. The zero-order valence-electron chi connectivity index (χ0n) is 14.9. The Balaban J connectivity index is 1.76. The Bertz CT molecular complexity index is 1020. The summed E-state index contributed by atoms with van der Waals surface area (Å²) in [5.41, 5.74) is 3.72. The normalized spacial score (nSPS) is 10.3. The predicted octanol–water partition coefficient (Wildman–Crippen LogP) is 4.86. The van der Waals surface area contributed by atoms with Gasteiger partial charge in [-0.3, -0.25) is 14.6 Å². The second-order valence-electron chi connectivity index (χ2n) is 6.17. The van der Waals surface area contributed by atoms with Gasteiger partial charge in [-0.1, -0.05) is 23.7 Å². The van der Waals surface area contributed by atoms with Crippen LogP contribution in [0.4, 0.5) is 11.4 Å². The minimum atomic E-state index is -0.398. The van der Waals surface area contributed by atoms with E-state index in [-0.39, 0.29) is 11.6 Å². The molecule has 0 saturated carbocycles. The molecular formula is C21H18ClN3O2. The van der Waals surface area contributed by atoms with E-state index in [1.165, 1.54) is 12.3 Å². The van der Waals surface area contributed by atoms with E-state index in [4.69, 9.17) is 11.6 Å².